The van der Waals surface area contributed by atoms with Gasteiger partial charge in [0.1, 0.15) is 5.76 Å². The smallest absolute Gasteiger partial charge is 0.185 e. The number of nitrogens with zero attached hydrogens (tertiary/aromatic N) is 1. The number of carbonyl (C=O) groups is 1. The van der Waals surface area contributed by atoms with Crippen molar-refractivity contribution in [1.82, 2.24) is 0 Å². The zero-order valence-corrected chi connectivity index (χ0v) is 11.4. The summed E-state index contributed by atoms with van der Waals surface area (Å²) in [5, 5.41) is 0. The first-order valence-electron chi connectivity index (χ1n) is 6.42. The van der Waals surface area contributed by atoms with E-state index in [1.165, 1.54) is 11.3 Å². The lowest BCUT2D eigenvalue weighted by atomic mass is 9.86. The van der Waals surface area contributed by atoms with Gasteiger partial charge in [-0.1, -0.05) is 13.8 Å². The van der Waals surface area contributed by atoms with Gasteiger partial charge < -0.3 is 9.32 Å². The Morgan fingerprint density at radius 2 is 2.05 bits per heavy atom. The normalized spacial score (nSPS) is 16.5. The van der Waals surface area contributed by atoms with E-state index < -0.39 is 0 Å². The van der Waals surface area contributed by atoms with Gasteiger partial charge >= 0.3 is 0 Å². The molecule has 1 aliphatic rings. The highest BCUT2D eigenvalue weighted by molar-refractivity contribution is 5.74. The average molecular weight is 255 g/mol. The Kier molecular flexibility index (Phi) is 2.52. The van der Waals surface area contributed by atoms with Gasteiger partial charge in [0.05, 0.1) is 0 Å². The first-order chi connectivity index (χ1) is 9.01. The molecule has 0 N–H and O–H groups in total. The third-order valence-corrected chi connectivity index (χ3v) is 3.80. The Morgan fingerprint density at radius 3 is 2.74 bits per heavy atom. The number of aldehydes is 1. The van der Waals surface area contributed by atoms with Gasteiger partial charge in [0.2, 0.25) is 0 Å². The minimum atomic E-state index is 0.139. The van der Waals surface area contributed by atoms with Crippen LogP contribution in [0.1, 0.15) is 30.0 Å². The molecule has 1 aromatic carbocycles. The summed E-state index contributed by atoms with van der Waals surface area (Å²) in [6, 6.07) is 9.89. The summed E-state index contributed by atoms with van der Waals surface area (Å²) < 4.78 is 5.49. The molecule has 0 atom stereocenters. The van der Waals surface area contributed by atoms with E-state index in [4.69, 9.17) is 4.42 Å². The van der Waals surface area contributed by atoms with Crippen LogP contribution in [0, 0.1) is 0 Å². The third kappa shape index (κ3) is 1.86. The number of furan rings is 1. The van der Waals surface area contributed by atoms with Gasteiger partial charge in [0.25, 0.3) is 0 Å². The molecule has 0 spiro atoms. The molecule has 2 heterocycles. The first-order valence-corrected chi connectivity index (χ1v) is 6.42. The molecule has 3 rings (SSSR count). The minimum Gasteiger partial charge on any atom is -0.453 e. The van der Waals surface area contributed by atoms with Gasteiger partial charge in [-0.25, -0.2) is 0 Å². The van der Waals surface area contributed by atoms with Gasteiger partial charge in [0.15, 0.2) is 12.0 Å². The topological polar surface area (TPSA) is 33.5 Å². The predicted molar refractivity (Wildman–Crippen MR) is 75.8 cm³/mol. The number of hydrogen-bond acceptors (Lipinski definition) is 3. The Labute approximate surface area is 112 Å². The van der Waals surface area contributed by atoms with E-state index in [1.54, 1.807) is 6.07 Å². The number of rotatable bonds is 2. The van der Waals surface area contributed by atoms with Gasteiger partial charge in [0, 0.05) is 30.3 Å². The quantitative estimate of drug-likeness (QED) is 0.770. The number of fused-ring (bicyclic) bond motifs is 1. The minimum absolute atomic E-state index is 0.139. The maximum atomic E-state index is 10.7. The molecule has 0 amide bonds. The molecule has 1 aliphatic heterocycles. The zero-order chi connectivity index (χ0) is 13.6. The predicted octanol–water partition coefficient (Wildman–Crippen LogP) is 3.49. The van der Waals surface area contributed by atoms with Crippen LogP contribution in [0.4, 0.5) is 5.69 Å². The molecule has 0 radical (unpaired) electrons. The fourth-order valence-corrected chi connectivity index (χ4v) is 2.90. The highest BCUT2D eigenvalue weighted by Crippen LogP contribution is 2.41. The summed E-state index contributed by atoms with van der Waals surface area (Å²) in [5.41, 5.74) is 3.77. The summed E-state index contributed by atoms with van der Waals surface area (Å²) in [6.45, 7) is 5.51. The standard InChI is InChI=1S/C16H17NO2/c1-16(2)10-17(3)14-6-4-11(8-13(14)16)15-7-5-12(9-18)19-15/h4-9H,10H2,1-3H3. The average Bonchev–Trinajstić information content (AvgIpc) is 2.93. The summed E-state index contributed by atoms with van der Waals surface area (Å²) in [5.74, 6) is 1.11. The van der Waals surface area contributed by atoms with Crippen molar-refractivity contribution in [2.45, 2.75) is 19.3 Å². The molecule has 0 fully saturated rings. The molecule has 3 heteroatoms. The molecule has 0 saturated carbocycles. The number of likely N-dealkylation sites (N-methyl/N-ethyl adjacent to an activating group) is 1. The maximum absolute atomic E-state index is 10.7. The summed E-state index contributed by atoms with van der Waals surface area (Å²) in [6.07, 6.45) is 0.731. The second-order valence-corrected chi connectivity index (χ2v) is 5.79. The van der Waals surface area contributed by atoms with Crippen LogP contribution >= 0.6 is 0 Å². The molecule has 2 aromatic rings. The lowest BCUT2D eigenvalue weighted by Gasteiger charge is -2.18. The van der Waals surface area contributed by atoms with Crippen LogP contribution < -0.4 is 4.90 Å². The van der Waals surface area contributed by atoms with E-state index in [0.717, 1.165) is 24.2 Å². The molecule has 1 aromatic heterocycles. The largest absolute Gasteiger partial charge is 0.453 e. The molecule has 0 unspecified atom stereocenters. The van der Waals surface area contributed by atoms with Crippen LogP contribution in [0.15, 0.2) is 34.7 Å². The van der Waals surface area contributed by atoms with E-state index in [9.17, 15) is 4.79 Å². The second-order valence-electron chi connectivity index (χ2n) is 5.79. The van der Waals surface area contributed by atoms with Crippen molar-refractivity contribution >= 4 is 12.0 Å². The molecule has 3 nitrogen and oxygen atoms in total. The van der Waals surface area contributed by atoms with Crippen molar-refractivity contribution in [3.05, 3.63) is 41.7 Å². The highest BCUT2D eigenvalue weighted by atomic mass is 16.3. The number of anilines is 1. The Bertz CT molecular complexity index is 640. The van der Waals surface area contributed by atoms with E-state index in [-0.39, 0.29) is 5.41 Å². The maximum Gasteiger partial charge on any atom is 0.185 e. The second kappa shape index (κ2) is 3.98. The number of carbonyl (C=O) groups excluding carboxylic acids is 1. The lowest BCUT2D eigenvalue weighted by Crippen LogP contribution is -2.24. The van der Waals surface area contributed by atoms with Crippen molar-refractivity contribution in [3.8, 4) is 11.3 Å². The molecule has 0 bridgehead atoms. The zero-order valence-electron chi connectivity index (χ0n) is 11.4. The Balaban J connectivity index is 2.09. The summed E-state index contributed by atoms with van der Waals surface area (Å²) in [7, 11) is 2.12. The van der Waals surface area contributed by atoms with Crippen LogP contribution in [-0.2, 0) is 5.41 Å². The van der Waals surface area contributed by atoms with Crippen LogP contribution in [-0.4, -0.2) is 19.9 Å². The Morgan fingerprint density at radius 1 is 1.26 bits per heavy atom. The molecule has 0 saturated heterocycles. The van der Waals surface area contributed by atoms with Crippen molar-refractivity contribution in [1.29, 1.82) is 0 Å². The third-order valence-electron chi connectivity index (χ3n) is 3.80. The van der Waals surface area contributed by atoms with E-state index >= 15 is 0 Å². The molecule has 19 heavy (non-hydrogen) atoms. The number of benzene rings is 1. The fraction of sp³-hybridized carbons (Fsp3) is 0.312. The molecular formula is C16H17NO2. The SMILES string of the molecule is CN1CC(C)(C)c2cc(-c3ccc(C=O)o3)ccc21. The summed E-state index contributed by atoms with van der Waals surface area (Å²) >= 11 is 0. The van der Waals surface area contributed by atoms with Crippen LogP contribution in [0.25, 0.3) is 11.3 Å². The number of hydrogen-bond donors (Lipinski definition) is 0. The Hall–Kier alpha value is -2.03. The van der Waals surface area contributed by atoms with Crippen molar-refractivity contribution < 1.29 is 9.21 Å². The van der Waals surface area contributed by atoms with Gasteiger partial charge in [-0.05, 0) is 35.9 Å². The summed E-state index contributed by atoms with van der Waals surface area (Å²) in [4.78, 5) is 13.0. The monoisotopic (exact) mass is 255 g/mol. The molecular weight excluding hydrogens is 238 g/mol. The van der Waals surface area contributed by atoms with Crippen molar-refractivity contribution in [2.75, 3.05) is 18.5 Å². The lowest BCUT2D eigenvalue weighted by molar-refractivity contribution is 0.110. The van der Waals surface area contributed by atoms with Crippen LogP contribution in [0.3, 0.4) is 0 Å². The highest BCUT2D eigenvalue weighted by Gasteiger charge is 2.33. The van der Waals surface area contributed by atoms with Gasteiger partial charge in [-0.15, -0.1) is 0 Å². The fourth-order valence-electron chi connectivity index (χ4n) is 2.90. The van der Waals surface area contributed by atoms with Gasteiger partial charge in [-0.3, -0.25) is 4.79 Å². The van der Waals surface area contributed by atoms with Gasteiger partial charge in [-0.2, -0.15) is 0 Å². The van der Waals surface area contributed by atoms with Crippen molar-refractivity contribution in [2.24, 2.45) is 0 Å². The van der Waals surface area contributed by atoms with E-state index in [2.05, 4.69) is 37.9 Å². The molecule has 98 valence electrons. The van der Waals surface area contributed by atoms with Crippen molar-refractivity contribution in [3.63, 3.8) is 0 Å². The van der Waals surface area contributed by atoms with Crippen LogP contribution in [0.2, 0.25) is 0 Å². The van der Waals surface area contributed by atoms with Crippen LogP contribution in [0.5, 0.6) is 0 Å². The van der Waals surface area contributed by atoms with E-state index in [0.29, 0.717) is 5.76 Å². The van der Waals surface area contributed by atoms with E-state index in [1.807, 2.05) is 12.1 Å². The first kappa shape index (κ1) is 12.0. The molecule has 0 aliphatic carbocycles.